The van der Waals surface area contributed by atoms with E-state index in [9.17, 15) is 15.2 Å². The highest BCUT2D eigenvalue weighted by Gasteiger charge is 2.42. The van der Waals surface area contributed by atoms with Crippen LogP contribution in [0.3, 0.4) is 0 Å². The third-order valence-corrected chi connectivity index (χ3v) is 5.60. The van der Waals surface area contributed by atoms with E-state index in [0.29, 0.717) is 23.1 Å². The van der Waals surface area contributed by atoms with Crippen molar-refractivity contribution in [3.8, 4) is 17.9 Å². The van der Waals surface area contributed by atoms with Crippen LogP contribution in [0.25, 0.3) is 5.57 Å². The lowest BCUT2D eigenvalue weighted by Gasteiger charge is -2.34. The van der Waals surface area contributed by atoms with Crippen molar-refractivity contribution < 1.29 is 9.90 Å². The number of ketones is 1. The largest absolute Gasteiger partial charge is 0.378 e. The Labute approximate surface area is 165 Å². The summed E-state index contributed by atoms with van der Waals surface area (Å²) in [4.78, 5) is 13.4. The predicted molar refractivity (Wildman–Crippen MR) is 109 cm³/mol. The first-order valence-electron chi connectivity index (χ1n) is 9.33. The Hall–Kier alpha value is -3.14. The lowest BCUT2D eigenvalue weighted by molar-refractivity contribution is 0.105. The molecule has 3 nitrogen and oxygen atoms in total. The Bertz CT molecular complexity index is 1170. The molecule has 0 fully saturated rings. The number of rotatable bonds is 0. The molecule has 0 radical (unpaired) electrons. The molecule has 2 aliphatic carbocycles. The first-order chi connectivity index (χ1) is 13.1. The number of carbonyl (C=O) groups is 1. The van der Waals surface area contributed by atoms with E-state index in [-0.39, 0.29) is 11.2 Å². The second-order valence-electron chi connectivity index (χ2n) is 8.54. The van der Waals surface area contributed by atoms with Crippen LogP contribution in [0.15, 0.2) is 42.0 Å². The minimum absolute atomic E-state index is 0.0136. The normalized spacial score (nSPS) is 16.5. The van der Waals surface area contributed by atoms with Crippen molar-refractivity contribution in [2.45, 2.75) is 45.1 Å². The average molecular weight is 367 g/mol. The Morgan fingerprint density at radius 2 is 1.79 bits per heavy atom. The molecule has 0 bridgehead atoms. The van der Waals surface area contributed by atoms with Crippen LogP contribution in [0.2, 0.25) is 0 Å². The SMILES string of the molecule is CC(C)(O)C#Cc1ccc2c(c1)C(=O)C1=C(Cc3cc(C#N)ccc31)C2(C)C. The molecule has 0 heterocycles. The highest BCUT2D eigenvalue weighted by molar-refractivity contribution is 6.33. The fourth-order valence-corrected chi connectivity index (χ4v) is 4.16. The van der Waals surface area contributed by atoms with Gasteiger partial charge in [0.2, 0.25) is 0 Å². The summed E-state index contributed by atoms with van der Waals surface area (Å²) in [5, 5.41) is 19.1. The predicted octanol–water partition coefficient (Wildman–Crippen LogP) is 4.16. The van der Waals surface area contributed by atoms with E-state index in [0.717, 1.165) is 27.8 Å². The fraction of sp³-hybridized carbons (Fsp3) is 0.280. The van der Waals surface area contributed by atoms with Gasteiger partial charge >= 0.3 is 0 Å². The summed E-state index contributed by atoms with van der Waals surface area (Å²) in [6.45, 7) is 7.56. The van der Waals surface area contributed by atoms with Gasteiger partial charge in [0.25, 0.3) is 0 Å². The van der Waals surface area contributed by atoms with E-state index in [4.69, 9.17) is 0 Å². The summed E-state index contributed by atoms with van der Waals surface area (Å²) in [7, 11) is 0. The molecule has 2 aromatic rings. The van der Waals surface area contributed by atoms with Gasteiger partial charge in [-0.25, -0.2) is 0 Å². The van der Waals surface area contributed by atoms with Gasteiger partial charge in [-0.15, -0.1) is 0 Å². The van der Waals surface area contributed by atoms with Gasteiger partial charge in [0.05, 0.1) is 11.6 Å². The highest BCUT2D eigenvalue weighted by atomic mass is 16.3. The van der Waals surface area contributed by atoms with Gasteiger partial charge in [0, 0.05) is 22.1 Å². The number of nitriles is 1. The zero-order chi connectivity index (χ0) is 20.3. The number of nitrogens with zero attached hydrogens (tertiary/aromatic N) is 1. The molecule has 28 heavy (non-hydrogen) atoms. The van der Waals surface area contributed by atoms with Crippen LogP contribution in [0, 0.1) is 23.2 Å². The summed E-state index contributed by atoms with van der Waals surface area (Å²) in [6.07, 6.45) is 0.693. The Balaban J connectivity index is 1.86. The summed E-state index contributed by atoms with van der Waals surface area (Å²) in [6, 6.07) is 13.5. The van der Waals surface area contributed by atoms with Crippen LogP contribution >= 0.6 is 0 Å². The number of carbonyl (C=O) groups excluding carboxylic acids is 1. The average Bonchev–Trinajstić information content (AvgIpc) is 3.04. The molecule has 3 heteroatoms. The second kappa shape index (κ2) is 5.93. The number of allylic oxidation sites excluding steroid dienone is 2. The molecule has 0 amide bonds. The smallest absolute Gasteiger partial charge is 0.193 e. The molecule has 0 saturated heterocycles. The first-order valence-corrected chi connectivity index (χ1v) is 9.33. The Kier molecular flexibility index (Phi) is 3.86. The molecule has 0 spiro atoms. The summed E-state index contributed by atoms with van der Waals surface area (Å²) < 4.78 is 0. The molecule has 0 unspecified atom stereocenters. The minimum atomic E-state index is -1.09. The number of aliphatic hydroxyl groups is 1. The van der Waals surface area contributed by atoms with Crippen molar-refractivity contribution in [3.05, 3.63) is 75.4 Å². The van der Waals surface area contributed by atoms with E-state index in [1.807, 2.05) is 30.3 Å². The molecule has 0 aromatic heterocycles. The van der Waals surface area contributed by atoms with Gasteiger partial charge in [-0.1, -0.05) is 37.8 Å². The fourth-order valence-electron chi connectivity index (χ4n) is 4.16. The van der Waals surface area contributed by atoms with Crippen LogP contribution in [0.5, 0.6) is 0 Å². The van der Waals surface area contributed by atoms with Crippen LogP contribution < -0.4 is 0 Å². The molecular weight excluding hydrogens is 346 g/mol. The van der Waals surface area contributed by atoms with E-state index in [1.54, 1.807) is 19.9 Å². The topological polar surface area (TPSA) is 61.1 Å². The molecule has 0 saturated carbocycles. The monoisotopic (exact) mass is 367 g/mol. The summed E-state index contributed by atoms with van der Waals surface area (Å²) >= 11 is 0. The minimum Gasteiger partial charge on any atom is -0.378 e. The van der Waals surface area contributed by atoms with E-state index >= 15 is 0 Å². The van der Waals surface area contributed by atoms with Crippen LogP contribution in [-0.2, 0) is 11.8 Å². The summed E-state index contributed by atoms with van der Waals surface area (Å²) in [5.74, 6) is 5.79. The Morgan fingerprint density at radius 1 is 1.07 bits per heavy atom. The molecule has 4 rings (SSSR count). The lowest BCUT2D eigenvalue weighted by atomic mass is 9.68. The molecule has 1 N–H and O–H groups in total. The molecule has 2 aliphatic rings. The zero-order valence-electron chi connectivity index (χ0n) is 16.5. The summed E-state index contributed by atoms with van der Waals surface area (Å²) in [5.41, 5.74) is 5.49. The highest BCUT2D eigenvalue weighted by Crippen LogP contribution is 2.49. The van der Waals surface area contributed by atoms with Crippen LogP contribution in [-0.4, -0.2) is 16.5 Å². The molecular formula is C25H21NO2. The number of benzene rings is 2. The van der Waals surface area contributed by atoms with Gasteiger partial charge in [-0.3, -0.25) is 4.79 Å². The van der Waals surface area contributed by atoms with Crippen molar-refractivity contribution in [2.75, 3.05) is 0 Å². The maximum absolute atomic E-state index is 13.4. The number of fused-ring (bicyclic) bond motifs is 3. The number of hydrogen-bond donors (Lipinski definition) is 1. The molecule has 0 atom stereocenters. The zero-order valence-corrected chi connectivity index (χ0v) is 16.5. The molecule has 2 aromatic carbocycles. The molecule has 138 valence electrons. The third-order valence-electron chi connectivity index (χ3n) is 5.60. The third kappa shape index (κ3) is 2.76. The van der Waals surface area contributed by atoms with Crippen molar-refractivity contribution in [1.29, 1.82) is 5.26 Å². The maximum atomic E-state index is 13.4. The second-order valence-corrected chi connectivity index (χ2v) is 8.54. The number of hydrogen-bond acceptors (Lipinski definition) is 3. The first kappa shape index (κ1) is 18.2. The van der Waals surface area contributed by atoms with E-state index in [1.165, 1.54) is 0 Å². The lowest BCUT2D eigenvalue weighted by Crippen LogP contribution is -2.29. The van der Waals surface area contributed by atoms with E-state index < -0.39 is 5.60 Å². The standard InChI is InChI=1S/C25H21NO2/c1-24(2,28)10-9-15-6-8-20-19(12-15)23(27)22-18-7-5-16(14-26)11-17(18)13-21(22)25(20,3)4/h5-8,11-12,28H,13H2,1-4H3. The van der Waals surface area contributed by atoms with Gasteiger partial charge < -0.3 is 5.11 Å². The van der Waals surface area contributed by atoms with E-state index in [2.05, 4.69) is 31.8 Å². The van der Waals surface area contributed by atoms with Gasteiger partial charge in [-0.2, -0.15) is 5.26 Å². The van der Waals surface area contributed by atoms with Crippen LogP contribution in [0.1, 0.15) is 65.9 Å². The number of Topliss-reactive ketones (excluding diaryl/α,β-unsaturated/α-hetero) is 1. The van der Waals surface area contributed by atoms with Gasteiger partial charge in [0.1, 0.15) is 5.60 Å². The quantitative estimate of drug-likeness (QED) is 0.711. The van der Waals surface area contributed by atoms with Gasteiger partial charge in [-0.05, 0) is 66.8 Å². The van der Waals surface area contributed by atoms with Gasteiger partial charge in [0.15, 0.2) is 5.78 Å². The Morgan fingerprint density at radius 3 is 2.46 bits per heavy atom. The maximum Gasteiger partial charge on any atom is 0.193 e. The van der Waals surface area contributed by atoms with Crippen molar-refractivity contribution >= 4 is 11.4 Å². The van der Waals surface area contributed by atoms with Crippen molar-refractivity contribution in [3.63, 3.8) is 0 Å². The van der Waals surface area contributed by atoms with Crippen LogP contribution in [0.4, 0.5) is 0 Å². The van der Waals surface area contributed by atoms with Crippen molar-refractivity contribution in [2.24, 2.45) is 0 Å². The van der Waals surface area contributed by atoms with Crippen molar-refractivity contribution in [1.82, 2.24) is 0 Å². The molecule has 0 aliphatic heterocycles.